The summed E-state index contributed by atoms with van der Waals surface area (Å²) in [6.07, 6.45) is 3.91. The monoisotopic (exact) mass is 252 g/mol. The van der Waals surface area contributed by atoms with E-state index in [1.54, 1.807) is 4.90 Å². The van der Waals surface area contributed by atoms with E-state index in [1.165, 1.54) is 0 Å². The van der Waals surface area contributed by atoms with Crippen LogP contribution in [-0.4, -0.2) is 46.6 Å². The van der Waals surface area contributed by atoms with Crippen LogP contribution in [0.5, 0.6) is 0 Å². The summed E-state index contributed by atoms with van der Waals surface area (Å²) in [5.41, 5.74) is 0. The Labute approximate surface area is 107 Å². The fraction of sp³-hybridized carbons (Fsp3) is 0.846. The quantitative estimate of drug-likeness (QED) is 0.748. The van der Waals surface area contributed by atoms with Crippen LogP contribution in [0.15, 0.2) is 0 Å². The van der Waals surface area contributed by atoms with Gasteiger partial charge in [0.1, 0.15) is 6.04 Å². The van der Waals surface area contributed by atoms with Crippen molar-refractivity contribution in [2.75, 3.05) is 6.54 Å². The third-order valence-electron chi connectivity index (χ3n) is 4.85. The molecule has 1 amide bonds. The topological polar surface area (TPSA) is 69.6 Å². The molecule has 18 heavy (non-hydrogen) atoms. The smallest absolute Gasteiger partial charge is 0.326 e. The highest BCUT2D eigenvalue weighted by Gasteiger charge is 2.48. The molecule has 5 heteroatoms. The molecule has 0 radical (unpaired) electrons. The van der Waals surface area contributed by atoms with E-state index in [4.69, 9.17) is 0 Å². The van der Waals surface area contributed by atoms with E-state index in [9.17, 15) is 14.7 Å². The molecule has 3 fully saturated rings. The van der Waals surface area contributed by atoms with Crippen LogP contribution in [0.4, 0.5) is 0 Å². The van der Waals surface area contributed by atoms with Crippen molar-refractivity contribution in [3.05, 3.63) is 0 Å². The summed E-state index contributed by atoms with van der Waals surface area (Å²) in [6, 6.07) is 0.150. The first-order chi connectivity index (χ1) is 8.58. The Hall–Kier alpha value is -1.10. The summed E-state index contributed by atoms with van der Waals surface area (Å²) < 4.78 is 0. The van der Waals surface area contributed by atoms with E-state index in [-0.39, 0.29) is 23.8 Å². The van der Waals surface area contributed by atoms with Gasteiger partial charge >= 0.3 is 5.97 Å². The number of carboxylic acid groups (broad SMARTS) is 1. The lowest BCUT2D eigenvalue weighted by Crippen LogP contribution is -2.47. The molecule has 3 saturated heterocycles. The number of rotatable bonds is 2. The Balaban J connectivity index is 1.74. The maximum Gasteiger partial charge on any atom is 0.326 e. The number of fused-ring (bicyclic) bond motifs is 2. The minimum absolute atomic E-state index is 0.0101. The van der Waals surface area contributed by atoms with Gasteiger partial charge in [0, 0.05) is 18.6 Å². The van der Waals surface area contributed by atoms with Crippen LogP contribution in [0.2, 0.25) is 0 Å². The van der Waals surface area contributed by atoms with Gasteiger partial charge in [0.15, 0.2) is 0 Å². The number of likely N-dealkylation sites (tertiary alicyclic amines) is 1. The van der Waals surface area contributed by atoms with Crippen molar-refractivity contribution in [1.82, 2.24) is 10.2 Å². The van der Waals surface area contributed by atoms with Crippen LogP contribution in [0, 0.1) is 11.8 Å². The Morgan fingerprint density at radius 1 is 1.28 bits per heavy atom. The maximum absolute atomic E-state index is 12.5. The first kappa shape index (κ1) is 12.0. The fourth-order valence-electron chi connectivity index (χ4n) is 3.88. The Bertz CT molecular complexity index is 384. The summed E-state index contributed by atoms with van der Waals surface area (Å²) in [6.45, 7) is 2.52. The van der Waals surface area contributed by atoms with Crippen LogP contribution in [0.1, 0.15) is 32.6 Å². The molecule has 2 bridgehead atoms. The van der Waals surface area contributed by atoms with Gasteiger partial charge in [0.2, 0.25) is 5.91 Å². The summed E-state index contributed by atoms with van der Waals surface area (Å²) in [5.74, 6) is -0.718. The lowest BCUT2D eigenvalue weighted by Gasteiger charge is -2.29. The molecule has 0 aromatic heterocycles. The van der Waals surface area contributed by atoms with Crippen LogP contribution < -0.4 is 5.32 Å². The molecule has 3 heterocycles. The van der Waals surface area contributed by atoms with Gasteiger partial charge in [0.25, 0.3) is 0 Å². The van der Waals surface area contributed by atoms with Crippen molar-refractivity contribution in [3.8, 4) is 0 Å². The van der Waals surface area contributed by atoms with E-state index in [0.717, 1.165) is 25.7 Å². The highest BCUT2D eigenvalue weighted by atomic mass is 16.4. The second-order valence-corrected chi connectivity index (χ2v) is 5.97. The Morgan fingerprint density at radius 3 is 2.61 bits per heavy atom. The molecular formula is C13H20N2O3. The SMILES string of the molecule is CC1CCN(C(=O)C2CC3CCC2N3)C1C(=O)O. The molecule has 3 aliphatic heterocycles. The van der Waals surface area contributed by atoms with Crippen molar-refractivity contribution in [1.29, 1.82) is 0 Å². The van der Waals surface area contributed by atoms with Gasteiger partial charge < -0.3 is 15.3 Å². The molecule has 0 aliphatic carbocycles. The van der Waals surface area contributed by atoms with Crippen LogP contribution in [0.3, 0.4) is 0 Å². The van der Waals surface area contributed by atoms with E-state index >= 15 is 0 Å². The largest absolute Gasteiger partial charge is 0.480 e. The highest BCUT2D eigenvalue weighted by molar-refractivity contribution is 5.86. The van der Waals surface area contributed by atoms with Gasteiger partial charge in [-0.05, 0) is 31.6 Å². The number of carbonyl (C=O) groups is 2. The molecule has 3 aliphatic rings. The van der Waals surface area contributed by atoms with Crippen molar-refractivity contribution >= 4 is 11.9 Å². The first-order valence-corrected chi connectivity index (χ1v) is 6.87. The molecule has 0 saturated carbocycles. The number of hydrogen-bond donors (Lipinski definition) is 2. The zero-order valence-electron chi connectivity index (χ0n) is 10.6. The number of hydrogen-bond acceptors (Lipinski definition) is 3. The van der Waals surface area contributed by atoms with E-state index in [0.29, 0.717) is 12.6 Å². The second kappa shape index (κ2) is 4.23. The predicted octanol–water partition coefficient (Wildman–Crippen LogP) is 0.449. The standard InChI is InChI=1S/C13H20N2O3/c1-7-4-5-15(11(7)13(17)18)12(16)9-6-8-2-3-10(9)14-8/h7-11,14H,2-6H2,1H3,(H,17,18). The number of carbonyl (C=O) groups excluding carboxylic acids is 1. The van der Waals surface area contributed by atoms with Gasteiger partial charge in [-0.3, -0.25) is 4.79 Å². The van der Waals surface area contributed by atoms with Crippen molar-refractivity contribution in [3.63, 3.8) is 0 Å². The highest BCUT2D eigenvalue weighted by Crippen LogP contribution is 2.36. The summed E-state index contributed by atoms with van der Waals surface area (Å²) in [7, 11) is 0. The maximum atomic E-state index is 12.5. The molecule has 0 aromatic rings. The van der Waals surface area contributed by atoms with Crippen LogP contribution >= 0.6 is 0 Å². The normalized spacial score (nSPS) is 42.5. The Morgan fingerprint density at radius 2 is 2.06 bits per heavy atom. The summed E-state index contributed by atoms with van der Waals surface area (Å²) in [4.78, 5) is 25.4. The minimum Gasteiger partial charge on any atom is -0.480 e. The predicted molar refractivity (Wildman–Crippen MR) is 65.0 cm³/mol. The summed E-state index contributed by atoms with van der Waals surface area (Å²) in [5, 5.41) is 12.7. The van der Waals surface area contributed by atoms with Gasteiger partial charge in [-0.15, -0.1) is 0 Å². The van der Waals surface area contributed by atoms with Crippen molar-refractivity contribution in [2.24, 2.45) is 11.8 Å². The number of amides is 1. The van der Waals surface area contributed by atoms with Crippen LogP contribution in [0.25, 0.3) is 0 Å². The molecule has 3 rings (SSSR count). The van der Waals surface area contributed by atoms with Crippen molar-refractivity contribution < 1.29 is 14.7 Å². The van der Waals surface area contributed by atoms with Gasteiger partial charge in [-0.2, -0.15) is 0 Å². The van der Waals surface area contributed by atoms with E-state index < -0.39 is 12.0 Å². The van der Waals surface area contributed by atoms with E-state index in [2.05, 4.69) is 5.32 Å². The molecule has 5 unspecified atom stereocenters. The number of nitrogens with zero attached hydrogens (tertiary/aromatic N) is 1. The molecular weight excluding hydrogens is 232 g/mol. The molecule has 100 valence electrons. The lowest BCUT2D eigenvalue weighted by atomic mass is 9.88. The van der Waals surface area contributed by atoms with Gasteiger partial charge in [-0.25, -0.2) is 4.79 Å². The zero-order chi connectivity index (χ0) is 12.9. The zero-order valence-corrected chi connectivity index (χ0v) is 10.6. The molecule has 0 spiro atoms. The summed E-state index contributed by atoms with van der Waals surface area (Å²) >= 11 is 0. The molecule has 5 atom stereocenters. The first-order valence-electron chi connectivity index (χ1n) is 6.87. The second-order valence-electron chi connectivity index (χ2n) is 5.97. The van der Waals surface area contributed by atoms with Crippen molar-refractivity contribution in [2.45, 2.75) is 50.7 Å². The molecule has 0 aromatic carbocycles. The lowest BCUT2D eigenvalue weighted by molar-refractivity contribution is -0.151. The number of nitrogens with one attached hydrogen (secondary N) is 1. The fourth-order valence-corrected chi connectivity index (χ4v) is 3.88. The third-order valence-corrected chi connectivity index (χ3v) is 4.85. The van der Waals surface area contributed by atoms with Gasteiger partial charge in [-0.1, -0.05) is 6.92 Å². The number of aliphatic carboxylic acids is 1. The minimum atomic E-state index is -0.857. The Kier molecular flexibility index (Phi) is 2.81. The van der Waals surface area contributed by atoms with Gasteiger partial charge in [0.05, 0.1) is 5.92 Å². The molecule has 2 N–H and O–H groups in total. The average molecular weight is 252 g/mol. The van der Waals surface area contributed by atoms with E-state index in [1.807, 2.05) is 6.92 Å². The number of carboxylic acids is 1. The third kappa shape index (κ3) is 1.72. The molecule has 5 nitrogen and oxygen atoms in total. The average Bonchev–Trinajstić information content (AvgIpc) is 3.01. The van der Waals surface area contributed by atoms with Crippen LogP contribution in [-0.2, 0) is 9.59 Å².